The number of rotatable bonds is 8. The largest absolute Gasteiger partial charge is 0.400 e. The van der Waals surface area contributed by atoms with Crippen molar-refractivity contribution < 1.29 is 22.4 Å². The van der Waals surface area contributed by atoms with E-state index in [-0.39, 0.29) is 18.6 Å². The maximum Gasteiger partial charge on any atom is 0.400 e. The van der Waals surface area contributed by atoms with Crippen molar-refractivity contribution in [1.29, 1.82) is 0 Å². The molecule has 0 saturated heterocycles. The Morgan fingerprint density at radius 3 is 2.69 bits per heavy atom. The van der Waals surface area contributed by atoms with Crippen LogP contribution in [0.1, 0.15) is 18.5 Å². The minimum atomic E-state index is -3.76. The molecular weight excluding hydrogens is 448 g/mol. The van der Waals surface area contributed by atoms with Gasteiger partial charge in [0, 0.05) is 22.5 Å². The summed E-state index contributed by atoms with van der Waals surface area (Å²) in [4.78, 5) is 7.74. The summed E-state index contributed by atoms with van der Waals surface area (Å²) >= 11 is 10.8. The number of hydrogen-bond acceptors (Lipinski definition) is 6. The standard InChI is InChI=1S/C17H15Cl2F2N4O3P/c1-2-27-29(26,25-13-5-3-4-12(18)8-13)10-14-7-6-11(9-22-14)15-23-16(28-24-15)17(19,20)21/h3-9H,2,10H2,1H3,(H,25,26). The molecule has 12 heteroatoms. The van der Waals surface area contributed by atoms with Gasteiger partial charge in [0.25, 0.3) is 7.52 Å². The van der Waals surface area contributed by atoms with Crippen LogP contribution in [0.25, 0.3) is 11.4 Å². The minimum absolute atomic E-state index is 0.00905. The van der Waals surface area contributed by atoms with Gasteiger partial charge in [-0.15, -0.1) is 0 Å². The van der Waals surface area contributed by atoms with Crippen LogP contribution in [-0.2, 0) is 20.6 Å². The zero-order valence-corrected chi connectivity index (χ0v) is 17.4. The van der Waals surface area contributed by atoms with E-state index in [4.69, 9.17) is 27.7 Å². The van der Waals surface area contributed by atoms with E-state index in [1.54, 1.807) is 43.3 Å². The lowest BCUT2D eigenvalue weighted by atomic mass is 10.2. The number of alkyl halides is 3. The van der Waals surface area contributed by atoms with E-state index in [1.165, 1.54) is 6.20 Å². The first-order valence-corrected chi connectivity index (χ1v) is 10.9. The molecule has 1 atom stereocenters. The molecule has 1 unspecified atom stereocenters. The van der Waals surface area contributed by atoms with Gasteiger partial charge in [-0.1, -0.05) is 22.8 Å². The zero-order valence-electron chi connectivity index (χ0n) is 15.0. The molecule has 2 aromatic heterocycles. The van der Waals surface area contributed by atoms with Crippen LogP contribution in [0.4, 0.5) is 14.5 Å². The number of benzene rings is 1. The van der Waals surface area contributed by atoms with E-state index in [1.807, 2.05) is 0 Å². The predicted molar refractivity (Wildman–Crippen MR) is 105 cm³/mol. The Bertz CT molecular complexity index is 1030. The molecule has 3 rings (SSSR count). The Kier molecular flexibility index (Phi) is 6.53. The molecule has 0 aliphatic heterocycles. The second-order valence-corrected chi connectivity index (χ2v) is 8.89. The summed E-state index contributed by atoms with van der Waals surface area (Å²) in [5.74, 6) is -1.10. The topological polar surface area (TPSA) is 90.1 Å². The summed E-state index contributed by atoms with van der Waals surface area (Å²) in [6.45, 7) is 1.95. The highest BCUT2D eigenvalue weighted by Gasteiger charge is 2.35. The van der Waals surface area contributed by atoms with Gasteiger partial charge in [0.2, 0.25) is 5.82 Å². The molecule has 154 valence electrons. The van der Waals surface area contributed by atoms with Crippen molar-refractivity contribution in [2.45, 2.75) is 18.5 Å². The molecule has 0 radical (unpaired) electrons. The van der Waals surface area contributed by atoms with Crippen molar-refractivity contribution in [2.75, 3.05) is 11.7 Å². The number of nitrogens with zero attached hydrogens (tertiary/aromatic N) is 3. The van der Waals surface area contributed by atoms with Gasteiger partial charge in [0.05, 0.1) is 18.5 Å². The number of halogens is 4. The monoisotopic (exact) mass is 462 g/mol. The molecule has 1 aromatic carbocycles. The van der Waals surface area contributed by atoms with Gasteiger partial charge in [-0.05, 0) is 48.9 Å². The van der Waals surface area contributed by atoms with E-state index in [9.17, 15) is 13.3 Å². The molecule has 0 aliphatic rings. The smallest absolute Gasteiger partial charge is 0.331 e. The second-order valence-electron chi connectivity index (χ2n) is 5.83. The Labute approximate surface area is 174 Å². The summed E-state index contributed by atoms with van der Waals surface area (Å²) in [6, 6.07) is 9.87. The molecule has 0 saturated carbocycles. The highest BCUT2D eigenvalue weighted by molar-refractivity contribution is 7.59. The van der Waals surface area contributed by atoms with Crippen LogP contribution in [0, 0.1) is 0 Å². The van der Waals surface area contributed by atoms with Gasteiger partial charge in [-0.25, -0.2) is 0 Å². The average Bonchev–Trinajstić information content (AvgIpc) is 3.13. The summed E-state index contributed by atoms with van der Waals surface area (Å²) < 4.78 is 49.1. The summed E-state index contributed by atoms with van der Waals surface area (Å²) in [7, 11) is -3.33. The molecule has 7 nitrogen and oxygen atoms in total. The van der Waals surface area contributed by atoms with Crippen LogP contribution < -0.4 is 5.09 Å². The molecule has 0 bridgehead atoms. The third kappa shape index (κ3) is 5.73. The fourth-order valence-electron chi connectivity index (χ4n) is 2.40. The third-order valence-electron chi connectivity index (χ3n) is 3.58. The first kappa shape index (κ1) is 21.6. The zero-order chi connectivity index (χ0) is 21.1. The van der Waals surface area contributed by atoms with Gasteiger partial charge in [-0.3, -0.25) is 9.55 Å². The number of anilines is 1. The lowest BCUT2D eigenvalue weighted by molar-refractivity contribution is 0.0551. The Morgan fingerprint density at radius 2 is 2.10 bits per heavy atom. The fraction of sp³-hybridized carbons (Fsp3) is 0.235. The van der Waals surface area contributed by atoms with E-state index in [0.717, 1.165) is 0 Å². The summed E-state index contributed by atoms with van der Waals surface area (Å²) in [5.41, 5.74) is 1.33. The molecule has 29 heavy (non-hydrogen) atoms. The van der Waals surface area contributed by atoms with E-state index >= 15 is 0 Å². The van der Waals surface area contributed by atoms with Crippen LogP contribution in [0.2, 0.25) is 5.02 Å². The molecule has 0 aliphatic carbocycles. The SMILES string of the molecule is CCOP(=O)(Cc1ccc(-c2noc(C(F)(F)Cl)n2)cn1)Nc1cccc(Cl)c1. The normalized spacial score (nSPS) is 13.8. The molecule has 0 amide bonds. The molecular formula is C17H15Cl2F2N4O3P. The van der Waals surface area contributed by atoms with Gasteiger partial charge < -0.3 is 14.1 Å². The first-order valence-electron chi connectivity index (χ1n) is 8.32. The van der Waals surface area contributed by atoms with Crippen molar-refractivity contribution in [3.63, 3.8) is 0 Å². The maximum atomic E-state index is 13.2. The lowest BCUT2D eigenvalue weighted by Gasteiger charge is -2.20. The maximum absolute atomic E-state index is 13.2. The fourth-order valence-corrected chi connectivity index (χ4v) is 4.47. The molecule has 3 aromatic rings. The average molecular weight is 463 g/mol. The van der Waals surface area contributed by atoms with Gasteiger partial charge in [-0.2, -0.15) is 13.8 Å². The number of nitrogens with one attached hydrogen (secondary N) is 1. The Hall–Kier alpha value is -2.06. The van der Waals surface area contributed by atoms with Crippen LogP contribution in [0.15, 0.2) is 47.1 Å². The van der Waals surface area contributed by atoms with Gasteiger partial charge >= 0.3 is 11.3 Å². The quantitative estimate of drug-likeness (QED) is 0.328. The molecule has 0 fully saturated rings. The Morgan fingerprint density at radius 1 is 1.31 bits per heavy atom. The minimum Gasteiger partial charge on any atom is -0.331 e. The van der Waals surface area contributed by atoms with Gasteiger partial charge in [0.1, 0.15) is 0 Å². The number of hydrogen-bond donors (Lipinski definition) is 1. The second kappa shape index (κ2) is 8.75. The van der Waals surface area contributed by atoms with Crippen molar-refractivity contribution in [2.24, 2.45) is 0 Å². The predicted octanol–water partition coefficient (Wildman–Crippen LogP) is 5.91. The van der Waals surface area contributed by atoms with E-state index in [0.29, 0.717) is 22.0 Å². The highest BCUT2D eigenvalue weighted by atomic mass is 35.5. The van der Waals surface area contributed by atoms with Crippen molar-refractivity contribution in [3.05, 3.63) is 59.2 Å². The van der Waals surface area contributed by atoms with E-state index < -0.39 is 18.8 Å². The van der Waals surface area contributed by atoms with Crippen LogP contribution in [0.5, 0.6) is 0 Å². The summed E-state index contributed by atoms with van der Waals surface area (Å²) in [6.07, 6.45) is 1.34. The van der Waals surface area contributed by atoms with Crippen LogP contribution >= 0.6 is 30.7 Å². The first-order chi connectivity index (χ1) is 13.7. The molecule has 2 heterocycles. The summed E-state index contributed by atoms with van der Waals surface area (Å²) in [5, 5.41) is 3.07. The Balaban J connectivity index is 1.77. The van der Waals surface area contributed by atoms with Crippen molar-refractivity contribution in [3.8, 4) is 11.4 Å². The van der Waals surface area contributed by atoms with Crippen LogP contribution in [0.3, 0.4) is 0 Å². The van der Waals surface area contributed by atoms with Crippen molar-refractivity contribution >= 4 is 36.4 Å². The number of pyridine rings is 1. The molecule has 0 spiro atoms. The van der Waals surface area contributed by atoms with Gasteiger partial charge in [0.15, 0.2) is 0 Å². The molecule has 1 N–H and O–H groups in total. The van der Waals surface area contributed by atoms with Crippen molar-refractivity contribution in [1.82, 2.24) is 15.1 Å². The number of aromatic nitrogens is 3. The van der Waals surface area contributed by atoms with E-state index in [2.05, 4.69) is 24.7 Å². The van der Waals surface area contributed by atoms with Crippen LogP contribution in [-0.4, -0.2) is 21.7 Å². The third-order valence-corrected chi connectivity index (χ3v) is 5.99. The lowest BCUT2D eigenvalue weighted by Crippen LogP contribution is -2.05. The highest BCUT2D eigenvalue weighted by Crippen LogP contribution is 2.49.